The fraction of sp³-hybridized carbons (Fsp3) is 0.143. The molecule has 0 saturated carbocycles. The fourth-order valence-electron chi connectivity index (χ4n) is 2.89. The van der Waals surface area contributed by atoms with Crippen molar-refractivity contribution in [2.24, 2.45) is 0 Å². The van der Waals surface area contributed by atoms with Crippen molar-refractivity contribution in [3.05, 3.63) is 82.9 Å². The average Bonchev–Trinajstić information content (AvgIpc) is 2.66. The second-order valence-corrected chi connectivity index (χ2v) is 6.35. The van der Waals surface area contributed by atoms with Crippen LogP contribution in [0.3, 0.4) is 0 Å². The first-order valence-corrected chi connectivity index (χ1v) is 8.57. The van der Waals surface area contributed by atoms with Crippen molar-refractivity contribution in [2.45, 2.75) is 12.5 Å². The van der Waals surface area contributed by atoms with Gasteiger partial charge in [0.15, 0.2) is 0 Å². The number of hydrogen-bond acceptors (Lipinski definition) is 3. The fourth-order valence-corrected chi connectivity index (χ4v) is 3.11. The molecule has 4 nitrogen and oxygen atoms in total. The van der Waals surface area contributed by atoms with E-state index in [2.05, 4.69) is 5.32 Å². The van der Waals surface area contributed by atoms with Crippen LogP contribution in [0.25, 0.3) is 10.8 Å². The number of nitrogens with one attached hydrogen (secondary N) is 1. The van der Waals surface area contributed by atoms with Crippen molar-refractivity contribution in [1.29, 1.82) is 0 Å². The maximum atomic E-state index is 12.8. The number of rotatable bonds is 5. The molecule has 0 bridgehead atoms. The summed E-state index contributed by atoms with van der Waals surface area (Å²) in [5.41, 5.74) is 1.36. The Morgan fingerprint density at radius 2 is 1.77 bits per heavy atom. The topological polar surface area (TPSA) is 55.4 Å². The quantitative estimate of drug-likeness (QED) is 0.693. The van der Waals surface area contributed by atoms with E-state index >= 15 is 0 Å². The summed E-state index contributed by atoms with van der Waals surface area (Å²) in [6.07, 6.45) is 0.295. The molecule has 0 fully saturated rings. The van der Waals surface area contributed by atoms with Crippen LogP contribution < -0.4 is 5.32 Å². The molecule has 3 rings (SSSR count). The summed E-state index contributed by atoms with van der Waals surface area (Å²) in [6, 6.07) is 19.5. The Kier molecular flexibility index (Phi) is 5.54. The van der Waals surface area contributed by atoms with Crippen LogP contribution in [0.2, 0.25) is 5.02 Å². The summed E-state index contributed by atoms with van der Waals surface area (Å²) in [7, 11) is 1.30. The first kappa shape index (κ1) is 18.0. The van der Waals surface area contributed by atoms with Gasteiger partial charge in [-0.2, -0.15) is 0 Å². The summed E-state index contributed by atoms with van der Waals surface area (Å²) >= 11 is 6.01. The Morgan fingerprint density at radius 3 is 2.54 bits per heavy atom. The number of benzene rings is 3. The van der Waals surface area contributed by atoms with Crippen LogP contribution in [-0.4, -0.2) is 25.0 Å². The summed E-state index contributed by atoms with van der Waals surface area (Å²) < 4.78 is 4.85. The molecular weight excluding hydrogens is 350 g/mol. The number of carbonyl (C=O) groups is 2. The molecule has 3 aromatic carbocycles. The molecule has 0 spiro atoms. The second-order valence-electron chi connectivity index (χ2n) is 5.91. The van der Waals surface area contributed by atoms with Crippen LogP contribution >= 0.6 is 11.6 Å². The first-order valence-electron chi connectivity index (χ1n) is 8.19. The van der Waals surface area contributed by atoms with Crippen molar-refractivity contribution in [1.82, 2.24) is 5.32 Å². The molecule has 26 heavy (non-hydrogen) atoms. The molecule has 1 N–H and O–H groups in total. The molecule has 0 heterocycles. The average molecular weight is 368 g/mol. The van der Waals surface area contributed by atoms with Gasteiger partial charge in [-0.15, -0.1) is 0 Å². The molecule has 0 saturated heterocycles. The highest BCUT2D eigenvalue weighted by Crippen LogP contribution is 2.19. The Labute approximate surface area is 156 Å². The molecule has 0 aliphatic heterocycles. The van der Waals surface area contributed by atoms with Gasteiger partial charge >= 0.3 is 5.97 Å². The van der Waals surface area contributed by atoms with Gasteiger partial charge in [-0.3, -0.25) is 4.79 Å². The third kappa shape index (κ3) is 4.03. The van der Waals surface area contributed by atoms with E-state index in [0.29, 0.717) is 17.0 Å². The zero-order valence-electron chi connectivity index (χ0n) is 14.2. The van der Waals surface area contributed by atoms with Gasteiger partial charge in [0, 0.05) is 17.0 Å². The minimum atomic E-state index is -0.801. The molecule has 1 amide bonds. The van der Waals surface area contributed by atoms with Crippen LogP contribution in [0, 0.1) is 0 Å². The normalized spacial score (nSPS) is 11.8. The van der Waals surface area contributed by atoms with Crippen LogP contribution in [0.5, 0.6) is 0 Å². The van der Waals surface area contributed by atoms with Gasteiger partial charge in [0.2, 0.25) is 0 Å². The molecular formula is C21H18ClNO3. The summed E-state index contributed by atoms with van der Waals surface area (Å²) in [5, 5.41) is 5.16. The smallest absolute Gasteiger partial charge is 0.328 e. The molecule has 1 atom stereocenters. The lowest BCUT2D eigenvalue weighted by atomic mass is 10.0. The highest BCUT2D eigenvalue weighted by Gasteiger charge is 2.23. The van der Waals surface area contributed by atoms with Gasteiger partial charge in [-0.25, -0.2) is 4.79 Å². The van der Waals surface area contributed by atoms with Crippen LogP contribution in [0.4, 0.5) is 0 Å². The van der Waals surface area contributed by atoms with Crippen molar-refractivity contribution >= 4 is 34.2 Å². The Morgan fingerprint density at radius 1 is 1.04 bits per heavy atom. The standard InChI is InChI=1S/C21H18ClNO3/c1-26-21(25)19(13-14-6-4-9-16(22)12-14)23-20(24)18-11-5-8-15-7-2-3-10-17(15)18/h2-12,19H,13H2,1H3,(H,23,24)/t19-/m0/s1. The van der Waals surface area contributed by atoms with Gasteiger partial charge in [0.25, 0.3) is 5.91 Å². The zero-order valence-corrected chi connectivity index (χ0v) is 15.0. The van der Waals surface area contributed by atoms with Crippen molar-refractivity contribution in [3.8, 4) is 0 Å². The van der Waals surface area contributed by atoms with Crippen molar-refractivity contribution in [3.63, 3.8) is 0 Å². The number of halogens is 1. The summed E-state index contributed by atoms with van der Waals surface area (Å²) in [6.45, 7) is 0. The second kappa shape index (κ2) is 8.02. The summed E-state index contributed by atoms with van der Waals surface area (Å²) in [5.74, 6) is -0.821. The molecule has 3 aromatic rings. The van der Waals surface area contributed by atoms with E-state index in [4.69, 9.17) is 16.3 Å². The number of fused-ring (bicyclic) bond motifs is 1. The lowest BCUT2D eigenvalue weighted by Crippen LogP contribution is -2.43. The minimum absolute atomic E-state index is 0.295. The van der Waals surface area contributed by atoms with E-state index in [1.54, 1.807) is 24.3 Å². The maximum absolute atomic E-state index is 12.8. The third-order valence-corrected chi connectivity index (χ3v) is 4.39. The lowest BCUT2D eigenvalue weighted by molar-refractivity contribution is -0.142. The molecule has 0 aliphatic rings. The Bertz CT molecular complexity index is 949. The highest BCUT2D eigenvalue weighted by atomic mass is 35.5. The SMILES string of the molecule is COC(=O)[C@H](Cc1cccc(Cl)c1)NC(=O)c1cccc2ccccc12. The number of methoxy groups -OCH3 is 1. The number of esters is 1. The number of hydrogen-bond donors (Lipinski definition) is 1. The zero-order chi connectivity index (χ0) is 18.5. The summed E-state index contributed by atoms with van der Waals surface area (Å²) in [4.78, 5) is 25.0. The van der Waals surface area contributed by atoms with Gasteiger partial charge < -0.3 is 10.1 Å². The monoisotopic (exact) mass is 367 g/mol. The lowest BCUT2D eigenvalue weighted by Gasteiger charge is -2.17. The molecule has 0 aliphatic carbocycles. The number of ether oxygens (including phenoxy) is 1. The van der Waals surface area contributed by atoms with Crippen LogP contribution in [-0.2, 0) is 16.0 Å². The van der Waals surface area contributed by atoms with E-state index in [-0.39, 0.29) is 5.91 Å². The van der Waals surface area contributed by atoms with Gasteiger partial charge in [-0.05, 0) is 34.5 Å². The van der Waals surface area contributed by atoms with Crippen molar-refractivity contribution in [2.75, 3.05) is 7.11 Å². The predicted molar refractivity (Wildman–Crippen MR) is 102 cm³/mol. The van der Waals surface area contributed by atoms with Gasteiger partial charge in [0.1, 0.15) is 6.04 Å². The van der Waals surface area contributed by atoms with Crippen LogP contribution in [0.15, 0.2) is 66.7 Å². The van der Waals surface area contributed by atoms with E-state index < -0.39 is 12.0 Å². The van der Waals surface area contributed by atoms with Gasteiger partial charge in [-0.1, -0.05) is 60.1 Å². The van der Waals surface area contributed by atoms with E-state index in [9.17, 15) is 9.59 Å². The number of carbonyl (C=O) groups excluding carboxylic acids is 2. The molecule has 5 heteroatoms. The van der Waals surface area contributed by atoms with E-state index in [1.807, 2.05) is 42.5 Å². The molecule has 0 aromatic heterocycles. The third-order valence-electron chi connectivity index (χ3n) is 4.15. The Balaban J connectivity index is 1.86. The first-order chi connectivity index (χ1) is 12.6. The van der Waals surface area contributed by atoms with Crippen LogP contribution in [0.1, 0.15) is 15.9 Å². The van der Waals surface area contributed by atoms with Gasteiger partial charge in [0.05, 0.1) is 7.11 Å². The maximum Gasteiger partial charge on any atom is 0.328 e. The molecule has 132 valence electrons. The molecule has 0 radical (unpaired) electrons. The van der Waals surface area contributed by atoms with E-state index in [1.165, 1.54) is 7.11 Å². The highest BCUT2D eigenvalue weighted by molar-refractivity contribution is 6.30. The largest absolute Gasteiger partial charge is 0.467 e. The predicted octanol–water partition coefficient (Wildman–Crippen LogP) is 4.01. The Hall–Kier alpha value is -2.85. The van der Waals surface area contributed by atoms with E-state index in [0.717, 1.165) is 16.3 Å². The minimum Gasteiger partial charge on any atom is -0.467 e. The molecule has 0 unspecified atom stereocenters. The van der Waals surface area contributed by atoms with Crippen molar-refractivity contribution < 1.29 is 14.3 Å². The number of amides is 1.